The number of aromatic carboxylic acids is 1. The second-order valence-corrected chi connectivity index (χ2v) is 5.07. The monoisotopic (exact) mass is 269 g/mol. The van der Waals surface area contributed by atoms with Crippen molar-refractivity contribution in [2.45, 2.75) is 32.2 Å². The number of aromatic nitrogens is 1. The average Bonchev–Trinajstić information content (AvgIpc) is 3.01. The smallest absolute Gasteiger partial charge is 0.340 e. The van der Waals surface area contributed by atoms with Gasteiger partial charge in [-0.1, -0.05) is 0 Å². The van der Waals surface area contributed by atoms with E-state index in [1.807, 2.05) is 0 Å². The number of carboxylic acids is 1. The first kappa shape index (κ1) is 12.8. The fourth-order valence-electron chi connectivity index (χ4n) is 1.56. The van der Waals surface area contributed by atoms with Crippen LogP contribution in [0.1, 0.15) is 35.3 Å². The first-order valence-electron chi connectivity index (χ1n) is 5.80. The van der Waals surface area contributed by atoms with E-state index in [1.165, 1.54) is 0 Å². The van der Waals surface area contributed by atoms with Gasteiger partial charge in [0.15, 0.2) is 0 Å². The van der Waals surface area contributed by atoms with Crippen molar-refractivity contribution in [1.29, 1.82) is 0 Å². The summed E-state index contributed by atoms with van der Waals surface area (Å²) in [5.74, 6) is -0.991. The number of carbonyl (C=O) groups excluding carboxylic acids is 1. The maximum absolute atomic E-state index is 11.4. The van der Waals surface area contributed by atoms with Crippen LogP contribution in [-0.4, -0.2) is 33.9 Å². The standard InChI is InChI=1S/C11H15N3O3S/c1-6-9(11(16)17)10(18-14-6)12-5-4-8(15)13-7-2-3-7/h7,12H,2-5H2,1H3,(H,13,15)(H,16,17). The largest absolute Gasteiger partial charge is 0.478 e. The summed E-state index contributed by atoms with van der Waals surface area (Å²) in [7, 11) is 0. The molecule has 0 bridgehead atoms. The van der Waals surface area contributed by atoms with Gasteiger partial charge in [-0.3, -0.25) is 4.79 Å². The molecule has 6 nitrogen and oxygen atoms in total. The van der Waals surface area contributed by atoms with Crippen molar-refractivity contribution >= 4 is 28.4 Å². The Bertz CT molecular complexity index is 468. The number of hydrogen-bond acceptors (Lipinski definition) is 5. The van der Waals surface area contributed by atoms with Gasteiger partial charge < -0.3 is 15.7 Å². The van der Waals surface area contributed by atoms with Crippen LogP contribution >= 0.6 is 11.5 Å². The van der Waals surface area contributed by atoms with Crippen molar-refractivity contribution in [2.24, 2.45) is 0 Å². The molecule has 0 saturated heterocycles. The lowest BCUT2D eigenvalue weighted by Gasteiger charge is -2.05. The summed E-state index contributed by atoms with van der Waals surface area (Å²) in [4.78, 5) is 22.4. The van der Waals surface area contributed by atoms with Crippen molar-refractivity contribution in [3.05, 3.63) is 11.3 Å². The van der Waals surface area contributed by atoms with Crippen LogP contribution in [0.2, 0.25) is 0 Å². The van der Waals surface area contributed by atoms with Gasteiger partial charge in [-0.05, 0) is 31.3 Å². The molecule has 98 valence electrons. The van der Waals surface area contributed by atoms with Gasteiger partial charge in [-0.2, -0.15) is 4.37 Å². The highest BCUT2D eigenvalue weighted by Crippen LogP contribution is 2.24. The van der Waals surface area contributed by atoms with Crippen LogP contribution in [0.15, 0.2) is 0 Å². The first-order chi connectivity index (χ1) is 8.58. The SMILES string of the molecule is Cc1nsc(NCCC(=O)NC2CC2)c1C(=O)O. The molecule has 1 saturated carbocycles. The minimum absolute atomic E-state index is 0.00288. The molecule has 7 heteroatoms. The molecule has 1 aromatic heterocycles. The molecule has 0 unspecified atom stereocenters. The summed E-state index contributed by atoms with van der Waals surface area (Å²) in [5, 5.41) is 15.4. The molecule has 0 radical (unpaired) electrons. The Labute approximate surface area is 109 Å². The lowest BCUT2D eigenvalue weighted by Crippen LogP contribution is -2.27. The van der Waals surface area contributed by atoms with Gasteiger partial charge >= 0.3 is 5.97 Å². The van der Waals surface area contributed by atoms with Gasteiger partial charge in [0, 0.05) is 19.0 Å². The highest BCUT2D eigenvalue weighted by atomic mass is 32.1. The summed E-state index contributed by atoms with van der Waals surface area (Å²) in [6.45, 7) is 2.07. The molecule has 2 rings (SSSR count). The number of amides is 1. The summed E-state index contributed by atoms with van der Waals surface area (Å²) in [6, 6.07) is 0.359. The third kappa shape index (κ3) is 3.19. The molecule has 0 atom stereocenters. The van der Waals surface area contributed by atoms with Crippen LogP contribution in [0.4, 0.5) is 5.00 Å². The van der Waals surface area contributed by atoms with Crippen LogP contribution in [-0.2, 0) is 4.79 Å². The number of carboxylic acid groups (broad SMARTS) is 1. The van der Waals surface area contributed by atoms with Crippen molar-refractivity contribution in [2.75, 3.05) is 11.9 Å². The summed E-state index contributed by atoms with van der Waals surface area (Å²) in [6.07, 6.45) is 2.47. The minimum Gasteiger partial charge on any atom is -0.478 e. The van der Waals surface area contributed by atoms with Crippen molar-refractivity contribution in [3.8, 4) is 0 Å². The van der Waals surface area contributed by atoms with Crippen molar-refractivity contribution < 1.29 is 14.7 Å². The van der Waals surface area contributed by atoms with E-state index in [0.29, 0.717) is 29.7 Å². The van der Waals surface area contributed by atoms with Gasteiger partial charge in [0.2, 0.25) is 5.91 Å². The second kappa shape index (κ2) is 5.34. The zero-order valence-corrected chi connectivity index (χ0v) is 10.8. The highest BCUT2D eigenvalue weighted by molar-refractivity contribution is 7.10. The Balaban J connectivity index is 1.82. The fraction of sp³-hybridized carbons (Fsp3) is 0.545. The van der Waals surface area contributed by atoms with E-state index in [2.05, 4.69) is 15.0 Å². The number of hydrogen-bond donors (Lipinski definition) is 3. The summed E-state index contributed by atoms with van der Waals surface area (Å²) in [5.41, 5.74) is 0.694. The topological polar surface area (TPSA) is 91.3 Å². The van der Waals surface area contributed by atoms with E-state index in [0.717, 1.165) is 24.4 Å². The Hall–Kier alpha value is -1.63. The van der Waals surface area contributed by atoms with Gasteiger partial charge in [0.05, 0.1) is 5.69 Å². The lowest BCUT2D eigenvalue weighted by atomic mass is 10.2. The van der Waals surface area contributed by atoms with E-state index < -0.39 is 5.97 Å². The molecule has 0 aromatic carbocycles. The third-order valence-electron chi connectivity index (χ3n) is 2.66. The zero-order chi connectivity index (χ0) is 13.1. The van der Waals surface area contributed by atoms with Gasteiger partial charge in [-0.25, -0.2) is 4.79 Å². The number of rotatable bonds is 6. The number of aryl methyl sites for hydroxylation is 1. The van der Waals surface area contributed by atoms with Crippen molar-refractivity contribution in [3.63, 3.8) is 0 Å². The third-order valence-corrected chi connectivity index (χ3v) is 3.55. The number of anilines is 1. The Morgan fingerprint density at radius 2 is 2.22 bits per heavy atom. The van der Waals surface area contributed by atoms with Crippen LogP contribution in [0.3, 0.4) is 0 Å². The molecule has 1 fully saturated rings. The van der Waals surface area contributed by atoms with E-state index in [9.17, 15) is 9.59 Å². The highest BCUT2D eigenvalue weighted by Gasteiger charge is 2.23. The molecule has 1 aliphatic carbocycles. The van der Waals surface area contributed by atoms with E-state index in [-0.39, 0.29) is 11.5 Å². The summed E-state index contributed by atoms with van der Waals surface area (Å²) >= 11 is 1.11. The molecule has 0 aliphatic heterocycles. The Morgan fingerprint density at radius 1 is 1.50 bits per heavy atom. The van der Waals surface area contributed by atoms with E-state index in [1.54, 1.807) is 6.92 Å². The molecule has 1 amide bonds. The van der Waals surface area contributed by atoms with Crippen LogP contribution < -0.4 is 10.6 Å². The molecule has 1 heterocycles. The van der Waals surface area contributed by atoms with Crippen molar-refractivity contribution in [1.82, 2.24) is 9.69 Å². The predicted octanol–water partition coefficient (Wildman–Crippen LogP) is 1.23. The first-order valence-corrected chi connectivity index (χ1v) is 6.58. The second-order valence-electron chi connectivity index (χ2n) is 4.30. The Morgan fingerprint density at radius 3 is 2.83 bits per heavy atom. The normalized spacial score (nSPS) is 14.3. The van der Waals surface area contributed by atoms with Crippen LogP contribution in [0.25, 0.3) is 0 Å². The minimum atomic E-state index is -0.994. The maximum atomic E-state index is 11.4. The predicted molar refractivity (Wildman–Crippen MR) is 68.1 cm³/mol. The van der Waals surface area contributed by atoms with Gasteiger partial charge in [-0.15, -0.1) is 0 Å². The quantitative estimate of drug-likeness (QED) is 0.722. The molecule has 1 aromatic rings. The van der Waals surface area contributed by atoms with Crippen LogP contribution in [0.5, 0.6) is 0 Å². The Kier molecular flexibility index (Phi) is 3.81. The molecule has 18 heavy (non-hydrogen) atoms. The van der Waals surface area contributed by atoms with Gasteiger partial charge in [0.1, 0.15) is 10.6 Å². The number of nitrogens with zero attached hydrogens (tertiary/aromatic N) is 1. The molecule has 1 aliphatic rings. The number of carbonyl (C=O) groups is 2. The zero-order valence-electron chi connectivity index (χ0n) is 10.0. The van der Waals surface area contributed by atoms with E-state index >= 15 is 0 Å². The maximum Gasteiger partial charge on any atom is 0.340 e. The molecule has 0 spiro atoms. The average molecular weight is 269 g/mol. The summed E-state index contributed by atoms with van der Waals surface area (Å²) < 4.78 is 3.99. The van der Waals surface area contributed by atoms with Crippen LogP contribution in [0, 0.1) is 6.92 Å². The molecular weight excluding hydrogens is 254 g/mol. The molecular formula is C11H15N3O3S. The fourth-order valence-corrected chi connectivity index (χ4v) is 2.37. The van der Waals surface area contributed by atoms with Gasteiger partial charge in [0.25, 0.3) is 0 Å². The lowest BCUT2D eigenvalue weighted by molar-refractivity contribution is -0.120. The number of nitrogens with one attached hydrogen (secondary N) is 2. The van der Waals surface area contributed by atoms with E-state index in [4.69, 9.17) is 5.11 Å². The molecule has 3 N–H and O–H groups in total.